The Labute approximate surface area is 178 Å². The molecule has 0 aliphatic carbocycles. The van der Waals surface area contributed by atoms with E-state index in [0.717, 1.165) is 22.2 Å². The predicted octanol–water partition coefficient (Wildman–Crippen LogP) is 5.72. The molecular weight excluding hydrogens is 400 g/mol. The number of carboxylic acid groups (broad SMARTS) is 1. The second-order valence-corrected chi connectivity index (χ2v) is 7.33. The van der Waals surface area contributed by atoms with E-state index in [-0.39, 0.29) is 0 Å². The van der Waals surface area contributed by atoms with Crippen LogP contribution in [0.5, 0.6) is 5.75 Å². The fourth-order valence-electron chi connectivity index (χ4n) is 3.11. The van der Waals surface area contributed by atoms with Crippen molar-refractivity contribution in [3.05, 3.63) is 89.1 Å². The fraction of sp³-hybridized carbons (Fsp3) is 0.125. The molecule has 1 heterocycles. The number of hydrogen-bond acceptors (Lipinski definition) is 4. The molecule has 3 aromatic carbocycles. The lowest BCUT2D eigenvalue weighted by molar-refractivity contribution is -0.138. The number of carboxylic acids is 1. The molecular formula is C24H19ClN2O3. The van der Waals surface area contributed by atoms with Gasteiger partial charge >= 0.3 is 5.97 Å². The van der Waals surface area contributed by atoms with Gasteiger partial charge in [-0.05, 0) is 42.3 Å². The second-order valence-electron chi connectivity index (χ2n) is 6.97. The first kappa shape index (κ1) is 19.9. The third-order valence-electron chi connectivity index (χ3n) is 4.89. The van der Waals surface area contributed by atoms with Crippen LogP contribution in [0.2, 0.25) is 5.15 Å². The molecule has 0 saturated heterocycles. The second kappa shape index (κ2) is 8.51. The molecule has 1 atom stereocenters. The largest absolute Gasteiger partial charge is 0.489 e. The van der Waals surface area contributed by atoms with Crippen molar-refractivity contribution in [2.45, 2.75) is 19.4 Å². The molecule has 0 radical (unpaired) electrons. The van der Waals surface area contributed by atoms with Gasteiger partial charge in [0.2, 0.25) is 0 Å². The van der Waals surface area contributed by atoms with E-state index in [0.29, 0.717) is 28.7 Å². The minimum Gasteiger partial charge on any atom is -0.489 e. The normalized spacial score (nSPS) is 11.9. The summed E-state index contributed by atoms with van der Waals surface area (Å²) in [4.78, 5) is 20.2. The van der Waals surface area contributed by atoms with E-state index in [4.69, 9.17) is 21.4 Å². The maximum atomic E-state index is 11.1. The zero-order chi connectivity index (χ0) is 21.1. The number of aliphatic carboxylic acids is 1. The van der Waals surface area contributed by atoms with Gasteiger partial charge in [0.25, 0.3) is 0 Å². The fourth-order valence-corrected chi connectivity index (χ4v) is 3.35. The first-order valence-corrected chi connectivity index (χ1v) is 9.86. The molecule has 5 nitrogen and oxygen atoms in total. The van der Waals surface area contributed by atoms with Gasteiger partial charge in [-0.15, -0.1) is 0 Å². The van der Waals surface area contributed by atoms with Crippen molar-refractivity contribution < 1.29 is 14.6 Å². The van der Waals surface area contributed by atoms with Gasteiger partial charge in [0.15, 0.2) is 5.15 Å². The van der Waals surface area contributed by atoms with Crippen LogP contribution in [0.1, 0.15) is 24.0 Å². The predicted molar refractivity (Wildman–Crippen MR) is 117 cm³/mol. The third-order valence-corrected chi connectivity index (χ3v) is 5.15. The molecule has 4 rings (SSSR count). The molecule has 1 unspecified atom stereocenters. The Morgan fingerprint density at radius 3 is 2.43 bits per heavy atom. The van der Waals surface area contributed by atoms with Gasteiger partial charge in [-0.1, -0.05) is 60.1 Å². The summed E-state index contributed by atoms with van der Waals surface area (Å²) < 4.78 is 5.83. The first-order valence-electron chi connectivity index (χ1n) is 9.48. The molecule has 0 aliphatic rings. The Morgan fingerprint density at radius 2 is 1.73 bits per heavy atom. The van der Waals surface area contributed by atoms with Gasteiger partial charge in [0.1, 0.15) is 18.1 Å². The van der Waals surface area contributed by atoms with Crippen LogP contribution < -0.4 is 4.74 Å². The van der Waals surface area contributed by atoms with Gasteiger partial charge in [0, 0.05) is 5.56 Å². The highest BCUT2D eigenvalue weighted by molar-refractivity contribution is 6.32. The number of rotatable bonds is 6. The number of benzene rings is 3. The average Bonchev–Trinajstić information content (AvgIpc) is 2.77. The van der Waals surface area contributed by atoms with E-state index in [9.17, 15) is 4.79 Å². The summed E-state index contributed by atoms with van der Waals surface area (Å²) in [5, 5.41) is 9.45. The number of carbonyl (C=O) groups is 1. The Hall–Kier alpha value is -3.44. The van der Waals surface area contributed by atoms with Crippen LogP contribution in [-0.2, 0) is 11.4 Å². The Kier molecular flexibility index (Phi) is 5.63. The Balaban J connectivity index is 1.51. The van der Waals surface area contributed by atoms with E-state index in [2.05, 4.69) is 9.97 Å². The summed E-state index contributed by atoms with van der Waals surface area (Å²) in [5.41, 5.74) is 4.71. The SMILES string of the molecule is CC(C(=O)O)c1ccc(OCc2ccc3nc(-c4ccccc4)c(Cl)nc3c2)cc1. The molecule has 0 bridgehead atoms. The summed E-state index contributed by atoms with van der Waals surface area (Å²) >= 11 is 6.38. The summed E-state index contributed by atoms with van der Waals surface area (Å²) in [6, 6.07) is 22.6. The maximum Gasteiger partial charge on any atom is 0.310 e. The van der Waals surface area contributed by atoms with Crippen LogP contribution in [0.4, 0.5) is 0 Å². The topological polar surface area (TPSA) is 72.3 Å². The van der Waals surface area contributed by atoms with Gasteiger partial charge in [-0.3, -0.25) is 4.79 Å². The Bertz CT molecular complexity index is 1190. The highest BCUT2D eigenvalue weighted by Gasteiger charge is 2.13. The van der Waals surface area contributed by atoms with Gasteiger partial charge in [-0.2, -0.15) is 0 Å². The molecule has 6 heteroatoms. The molecule has 0 amide bonds. The minimum atomic E-state index is -0.852. The molecule has 1 aromatic heterocycles. The minimum absolute atomic E-state index is 0.351. The van der Waals surface area contributed by atoms with E-state index in [1.807, 2.05) is 48.5 Å². The molecule has 0 aliphatic heterocycles. The highest BCUT2D eigenvalue weighted by atomic mass is 35.5. The van der Waals surface area contributed by atoms with Gasteiger partial charge in [-0.25, -0.2) is 9.97 Å². The van der Waals surface area contributed by atoms with Crippen LogP contribution in [-0.4, -0.2) is 21.0 Å². The van der Waals surface area contributed by atoms with Gasteiger partial charge in [0.05, 0.1) is 17.0 Å². The van der Waals surface area contributed by atoms with Crippen molar-refractivity contribution in [1.29, 1.82) is 0 Å². The highest BCUT2D eigenvalue weighted by Crippen LogP contribution is 2.27. The molecule has 0 saturated carbocycles. The van der Waals surface area contributed by atoms with Crippen molar-refractivity contribution in [1.82, 2.24) is 9.97 Å². The maximum absolute atomic E-state index is 11.1. The van der Waals surface area contributed by atoms with Crippen molar-refractivity contribution in [3.8, 4) is 17.0 Å². The molecule has 150 valence electrons. The Morgan fingerprint density at radius 1 is 1.00 bits per heavy atom. The first-order chi connectivity index (χ1) is 14.5. The summed E-state index contributed by atoms with van der Waals surface area (Å²) in [6.07, 6.45) is 0. The molecule has 1 N–H and O–H groups in total. The summed E-state index contributed by atoms with van der Waals surface area (Å²) in [5.74, 6) is -0.737. The monoisotopic (exact) mass is 418 g/mol. The molecule has 0 fully saturated rings. The lowest BCUT2D eigenvalue weighted by atomic mass is 10.0. The third kappa shape index (κ3) is 4.26. The molecule has 0 spiro atoms. The number of halogens is 1. The van der Waals surface area contributed by atoms with Crippen LogP contribution >= 0.6 is 11.6 Å². The number of nitrogens with zero attached hydrogens (tertiary/aromatic N) is 2. The summed E-state index contributed by atoms with van der Waals surface area (Å²) in [7, 11) is 0. The van der Waals surface area contributed by atoms with Crippen LogP contribution in [0.25, 0.3) is 22.3 Å². The standard InChI is InChI=1S/C24H19ClN2O3/c1-15(24(28)29)17-8-10-19(11-9-17)30-14-16-7-12-20-21(13-16)27-23(25)22(26-20)18-5-3-2-4-6-18/h2-13,15H,14H2,1H3,(H,28,29). The lowest BCUT2D eigenvalue weighted by Crippen LogP contribution is -2.07. The number of aromatic nitrogens is 2. The number of ether oxygens (including phenoxy) is 1. The van der Waals surface area contributed by atoms with E-state index in [1.165, 1.54) is 0 Å². The zero-order valence-electron chi connectivity index (χ0n) is 16.2. The smallest absolute Gasteiger partial charge is 0.310 e. The van der Waals surface area contributed by atoms with Crippen molar-refractivity contribution in [3.63, 3.8) is 0 Å². The average molecular weight is 419 g/mol. The van der Waals surface area contributed by atoms with E-state index in [1.54, 1.807) is 31.2 Å². The van der Waals surface area contributed by atoms with E-state index < -0.39 is 11.9 Å². The van der Waals surface area contributed by atoms with Crippen molar-refractivity contribution >= 4 is 28.6 Å². The van der Waals surface area contributed by atoms with Crippen molar-refractivity contribution in [2.24, 2.45) is 0 Å². The number of hydrogen-bond donors (Lipinski definition) is 1. The quantitative estimate of drug-likeness (QED) is 0.433. The van der Waals surface area contributed by atoms with Crippen LogP contribution in [0.15, 0.2) is 72.8 Å². The van der Waals surface area contributed by atoms with Crippen LogP contribution in [0.3, 0.4) is 0 Å². The summed E-state index contributed by atoms with van der Waals surface area (Å²) in [6.45, 7) is 2.01. The van der Waals surface area contributed by atoms with Gasteiger partial charge < -0.3 is 9.84 Å². The van der Waals surface area contributed by atoms with E-state index >= 15 is 0 Å². The zero-order valence-corrected chi connectivity index (χ0v) is 17.0. The molecule has 30 heavy (non-hydrogen) atoms. The number of fused-ring (bicyclic) bond motifs is 1. The van der Waals surface area contributed by atoms with Crippen molar-refractivity contribution in [2.75, 3.05) is 0 Å². The van der Waals surface area contributed by atoms with Crippen LogP contribution in [0, 0.1) is 0 Å². The lowest BCUT2D eigenvalue weighted by Gasteiger charge is -2.10. The molecule has 4 aromatic rings.